The van der Waals surface area contributed by atoms with Crippen molar-refractivity contribution in [1.29, 1.82) is 0 Å². The zero-order valence-electron chi connectivity index (χ0n) is 7.10. The Bertz CT molecular complexity index is 371. The van der Waals surface area contributed by atoms with Crippen LogP contribution in [0.3, 0.4) is 0 Å². The van der Waals surface area contributed by atoms with Crippen molar-refractivity contribution < 1.29 is 13.2 Å². The van der Waals surface area contributed by atoms with Crippen LogP contribution in [0.4, 0.5) is 18.9 Å². The molecule has 5 heteroatoms. The van der Waals surface area contributed by atoms with Gasteiger partial charge in [-0.1, -0.05) is 6.07 Å². The third-order valence-corrected chi connectivity index (χ3v) is 1.99. The minimum Gasteiger partial charge on any atom is -0.264 e. The molecular weight excluding hydrogens is 210 g/mol. The van der Waals surface area contributed by atoms with Crippen molar-refractivity contribution >= 4 is 27.1 Å². The second-order valence-corrected chi connectivity index (χ2v) is 2.86. The first-order valence-electron chi connectivity index (χ1n) is 3.67. The lowest BCUT2D eigenvalue weighted by atomic mass is 10.1. The van der Waals surface area contributed by atoms with Crippen molar-refractivity contribution in [2.45, 2.75) is 6.18 Å². The van der Waals surface area contributed by atoms with Crippen molar-refractivity contribution in [2.24, 2.45) is 4.99 Å². The molecule has 0 aliphatic rings. The summed E-state index contributed by atoms with van der Waals surface area (Å²) in [5, 5.41) is 0. The van der Waals surface area contributed by atoms with Gasteiger partial charge in [0, 0.05) is 5.56 Å². The van der Waals surface area contributed by atoms with E-state index in [0.717, 1.165) is 12.1 Å². The lowest BCUT2D eigenvalue weighted by Gasteiger charge is -2.08. The number of hydrogen-bond donors (Lipinski definition) is 0. The van der Waals surface area contributed by atoms with Crippen LogP contribution in [0.5, 0.6) is 0 Å². The van der Waals surface area contributed by atoms with Gasteiger partial charge in [0.2, 0.25) is 0 Å². The highest BCUT2D eigenvalue weighted by molar-refractivity contribution is 7.19. The molecule has 0 bridgehead atoms. The lowest BCUT2D eigenvalue weighted by Crippen LogP contribution is -2.04. The zero-order valence-corrected chi connectivity index (χ0v) is 8.10. The minimum atomic E-state index is -4.34. The monoisotopic (exact) mass is 217 g/mol. The van der Waals surface area contributed by atoms with E-state index in [0.29, 0.717) is 5.56 Å². The summed E-state index contributed by atoms with van der Waals surface area (Å²) in [6.07, 6.45) is -4.34. The summed E-state index contributed by atoms with van der Waals surface area (Å²) in [7, 11) is 3.08. The molecule has 0 aliphatic heterocycles. The Kier molecular flexibility index (Phi) is 3.06. The Morgan fingerprint density at radius 2 is 2.00 bits per heavy atom. The molecule has 1 nitrogen and oxygen atoms in total. The van der Waals surface area contributed by atoms with Gasteiger partial charge in [-0.2, -0.15) is 13.2 Å². The van der Waals surface area contributed by atoms with Gasteiger partial charge >= 0.3 is 6.18 Å². The molecule has 1 aromatic rings. The second-order valence-electron chi connectivity index (χ2n) is 2.57. The van der Waals surface area contributed by atoms with Crippen LogP contribution in [0.1, 0.15) is 11.1 Å². The molecule has 0 unspecified atom stereocenters. The Hall–Kier alpha value is -1.15. The number of halogens is 3. The molecule has 0 aliphatic carbocycles. The molecular formula is C9H7F3NP. The molecule has 0 radical (unpaired) electrons. The molecule has 0 N–H and O–H groups in total. The van der Waals surface area contributed by atoms with Crippen LogP contribution in [-0.4, -0.2) is 12.5 Å². The second kappa shape index (κ2) is 3.93. The molecule has 0 spiro atoms. The van der Waals surface area contributed by atoms with Crippen molar-refractivity contribution in [3.63, 3.8) is 0 Å². The summed E-state index contributed by atoms with van der Waals surface area (Å²) in [6.45, 7) is 3.20. The van der Waals surface area contributed by atoms with Crippen LogP contribution in [-0.2, 0) is 6.18 Å². The molecule has 74 valence electrons. The van der Waals surface area contributed by atoms with Crippen molar-refractivity contribution in [3.05, 3.63) is 29.3 Å². The van der Waals surface area contributed by atoms with Gasteiger partial charge in [0.15, 0.2) is 0 Å². The average molecular weight is 217 g/mol. The Morgan fingerprint density at radius 1 is 1.36 bits per heavy atom. The van der Waals surface area contributed by atoms with Gasteiger partial charge in [-0.3, -0.25) is 4.99 Å². The summed E-state index contributed by atoms with van der Waals surface area (Å²) in [5.41, 5.74) is 0.0386. The van der Waals surface area contributed by atoms with Gasteiger partial charge in [0.05, 0.1) is 11.3 Å². The molecule has 0 atom stereocenters. The van der Waals surface area contributed by atoms with Gasteiger partial charge in [-0.15, -0.1) is 8.86 Å². The highest BCUT2D eigenvalue weighted by Gasteiger charge is 2.30. The van der Waals surface area contributed by atoms with Crippen LogP contribution in [0, 0.1) is 0 Å². The van der Waals surface area contributed by atoms with E-state index in [1.54, 1.807) is 0 Å². The number of nitrogens with zero attached hydrogens (tertiary/aromatic N) is 1. The largest absolute Gasteiger partial charge is 0.416 e. The standard InChI is InChI=1S/C9H7F3NP/c1-13-8-4-7(9(10,11)12)3-2-6(8)5-14/h2-5,14H,1H2. The van der Waals surface area contributed by atoms with Gasteiger partial charge < -0.3 is 0 Å². The van der Waals surface area contributed by atoms with Crippen LogP contribution < -0.4 is 0 Å². The fourth-order valence-corrected chi connectivity index (χ4v) is 1.22. The van der Waals surface area contributed by atoms with Crippen molar-refractivity contribution in [2.75, 3.05) is 0 Å². The minimum absolute atomic E-state index is 0.204. The highest BCUT2D eigenvalue weighted by atomic mass is 31.0. The lowest BCUT2D eigenvalue weighted by molar-refractivity contribution is -0.137. The fourth-order valence-electron chi connectivity index (χ4n) is 0.979. The van der Waals surface area contributed by atoms with E-state index >= 15 is 0 Å². The van der Waals surface area contributed by atoms with E-state index in [1.807, 2.05) is 0 Å². The molecule has 14 heavy (non-hydrogen) atoms. The first-order chi connectivity index (χ1) is 6.49. The molecule has 0 amide bonds. The van der Waals surface area contributed by atoms with Gasteiger partial charge in [-0.25, -0.2) is 0 Å². The van der Waals surface area contributed by atoms with Crippen LogP contribution in [0.15, 0.2) is 23.2 Å². The first kappa shape index (κ1) is 10.9. The van der Waals surface area contributed by atoms with Gasteiger partial charge in [-0.05, 0) is 24.6 Å². The van der Waals surface area contributed by atoms with Crippen LogP contribution >= 0.6 is 8.86 Å². The van der Waals surface area contributed by atoms with Crippen molar-refractivity contribution in [3.8, 4) is 0 Å². The number of benzene rings is 1. The highest BCUT2D eigenvalue weighted by Crippen LogP contribution is 2.32. The third kappa shape index (κ3) is 2.20. The third-order valence-electron chi connectivity index (χ3n) is 1.68. The van der Waals surface area contributed by atoms with Crippen molar-refractivity contribution in [1.82, 2.24) is 0 Å². The van der Waals surface area contributed by atoms with E-state index in [9.17, 15) is 13.2 Å². The summed E-state index contributed by atoms with van der Waals surface area (Å²) >= 11 is 0. The van der Waals surface area contributed by atoms with E-state index in [2.05, 4.69) is 20.6 Å². The van der Waals surface area contributed by atoms with Gasteiger partial charge in [0.25, 0.3) is 0 Å². The SMILES string of the molecule is C=Nc1cc(C(F)(F)F)ccc1C=P. The molecule has 0 saturated heterocycles. The van der Waals surface area contributed by atoms with E-state index < -0.39 is 11.7 Å². The predicted octanol–water partition coefficient (Wildman–Crippen LogP) is 3.33. The van der Waals surface area contributed by atoms with Crippen LogP contribution in [0.25, 0.3) is 0 Å². The average Bonchev–Trinajstić information content (AvgIpc) is 2.15. The maximum atomic E-state index is 12.3. The quantitative estimate of drug-likeness (QED) is 0.532. The number of alkyl halides is 3. The number of hydrogen-bond acceptors (Lipinski definition) is 1. The zero-order chi connectivity index (χ0) is 10.8. The van der Waals surface area contributed by atoms with E-state index in [-0.39, 0.29) is 5.69 Å². The number of rotatable bonds is 2. The topological polar surface area (TPSA) is 12.4 Å². The Labute approximate surface area is 81.5 Å². The maximum Gasteiger partial charge on any atom is 0.416 e. The smallest absolute Gasteiger partial charge is 0.264 e. The fraction of sp³-hybridized carbons (Fsp3) is 0.111. The van der Waals surface area contributed by atoms with Crippen LogP contribution in [0.2, 0.25) is 0 Å². The molecule has 1 aromatic carbocycles. The summed E-state index contributed by atoms with van der Waals surface area (Å²) in [5.74, 6) is 1.49. The molecule has 1 rings (SSSR count). The first-order valence-corrected chi connectivity index (χ1v) is 4.25. The molecule has 0 fully saturated rings. The summed E-state index contributed by atoms with van der Waals surface area (Å²) in [6, 6.07) is 3.29. The Morgan fingerprint density at radius 3 is 2.43 bits per heavy atom. The number of aliphatic imine (C=N–C) groups is 1. The van der Waals surface area contributed by atoms with E-state index in [1.165, 1.54) is 11.9 Å². The summed E-state index contributed by atoms with van der Waals surface area (Å²) in [4.78, 5) is 3.50. The maximum absolute atomic E-state index is 12.3. The van der Waals surface area contributed by atoms with Gasteiger partial charge in [0.1, 0.15) is 0 Å². The molecule has 0 heterocycles. The summed E-state index contributed by atoms with van der Waals surface area (Å²) < 4.78 is 36.8. The predicted molar refractivity (Wildman–Crippen MR) is 54.1 cm³/mol. The Balaban J connectivity index is 3.27. The van der Waals surface area contributed by atoms with E-state index in [4.69, 9.17) is 0 Å². The molecule has 0 aromatic heterocycles. The normalized spacial score (nSPS) is 11.1. The molecule has 0 saturated carbocycles.